The summed E-state index contributed by atoms with van der Waals surface area (Å²) in [7, 11) is 0. The first-order chi connectivity index (χ1) is 7.64. The molecule has 1 aliphatic rings. The molecule has 0 aromatic rings. The number of rotatable bonds is 1. The van der Waals surface area contributed by atoms with E-state index in [9.17, 15) is 0 Å². The molecule has 0 saturated carbocycles. The van der Waals surface area contributed by atoms with E-state index in [-0.39, 0.29) is 0 Å². The zero-order valence-electron chi connectivity index (χ0n) is 12.7. The van der Waals surface area contributed by atoms with Crippen molar-refractivity contribution in [1.29, 1.82) is 0 Å². The van der Waals surface area contributed by atoms with Gasteiger partial charge in [0.05, 0.1) is 0 Å². The van der Waals surface area contributed by atoms with Gasteiger partial charge in [0.15, 0.2) is 0 Å². The van der Waals surface area contributed by atoms with Gasteiger partial charge in [-0.15, -0.1) is 0 Å². The lowest BCUT2D eigenvalue weighted by Gasteiger charge is -2.54. The molecular formula is C15H32N2. The minimum atomic E-state index is 0.321. The van der Waals surface area contributed by atoms with Gasteiger partial charge in [0.2, 0.25) is 0 Å². The van der Waals surface area contributed by atoms with Crippen LogP contribution in [0.5, 0.6) is 0 Å². The monoisotopic (exact) mass is 240 g/mol. The summed E-state index contributed by atoms with van der Waals surface area (Å²) in [5, 5.41) is 3.67. The Bertz CT molecular complexity index is 231. The molecule has 1 fully saturated rings. The Hall–Kier alpha value is -0.0800. The van der Waals surface area contributed by atoms with E-state index in [1.165, 1.54) is 12.8 Å². The van der Waals surface area contributed by atoms with Crippen molar-refractivity contribution in [1.82, 2.24) is 5.32 Å². The summed E-state index contributed by atoms with van der Waals surface area (Å²) in [4.78, 5) is 0. The topological polar surface area (TPSA) is 38.0 Å². The van der Waals surface area contributed by atoms with Gasteiger partial charge in [0, 0.05) is 6.54 Å². The minimum Gasteiger partial charge on any atom is -0.330 e. The van der Waals surface area contributed by atoms with Gasteiger partial charge in [0.1, 0.15) is 0 Å². The Morgan fingerprint density at radius 3 is 2.06 bits per heavy atom. The van der Waals surface area contributed by atoms with Gasteiger partial charge < -0.3 is 11.1 Å². The maximum atomic E-state index is 5.84. The normalized spacial score (nSPS) is 26.6. The molecule has 0 spiro atoms. The zero-order chi connectivity index (χ0) is 13.3. The van der Waals surface area contributed by atoms with Gasteiger partial charge in [-0.1, -0.05) is 41.5 Å². The second-order valence-electron chi connectivity index (χ2n) is 7.85. The Balaban J connectivity index is 3.01. The standard InChI is InChI=1S/C15H32N2/c1-13(2,3)15(14(4,5)6)8-7-12(9-16)10-17-11-15/h12,17H,7-11,16H2,1-6H3. The molecule has 0 radical (unpaired) electrons. The van der Waals surface area contributed by atoms with E-state index in [4.69, 9.17) is 5.73 Å². The number of nitrogens with one attached hydrogen (secondary N) is 1. The van der Waals surface area contributed by atoms with Gasteiger partial charge in [0.25, 0.3) is 0 Å². The summed E-state index contributed by atoms with van der Waals surface area (Å²) in [5.74, 6) is 0.654. The van der Waals surface area contributed by atoms with Crippen LogP contribution in [-0.2, 0) is 0 Å². The van der Waals surface area contributed by atoms with Crippen LogP contribution < -0.4 is 11.1 Å². The first-order valence-corrected chi connectivity index (χ1v) is 7.05. The lowest BCUT2D eigenvalue weighted by molar-refractivity contribution is -0.0355. The molecule has 0 bridgehead atoms. The predicted octanol–water partition coefficient (Wildman–Crippen LogP) is 3.02. The second-order valence-corrected chi connectivity index (χ2v) is 7.85. The molecular weight excluding hydrogens is 208 g/mol. The van der Waals surface area contributed by atoms with Crippen LogP contribution in [0, 0.1) is 22.2 Å². The van der Waals surface area contributed by atoms with Crippen molar-refractivity contribution in [3.8, 4) is 0 Å². The minimum absolute atomic E-state index is 0.321. The van der Waals surface area contributed by atoms with Crippen LogP contribution in [0.1, 0.15) is 54.4 Å². The lowest BCUT2D eigenvalue weighted by Crippen LogP contribution is -2.51. The highest BCUT2D eigenvalue weighted by Gasteiger charge is 2.50. The quantitative estimate of drug-likeness (QED) is 0.739. The highest BCUT2D eigenvalue weighted by molar-refractivity contribution is 5.01. The van der Waals surface area contributed by atoms with Gasteiger partial charge in [-0.05, 0) is 48.1 Å². The average Bonchev–Trinajstić information content (AvgIpc) is 2.37. The van der Waals surface area contributed by atoms with E-state index in [0.29, 0.717) is 22.2 Å². The third-order valence-corrected chi connectivity index (χ3v) is 5.04. The molecule has 1 saturated heterocycles. The maximum absolute atomic E-state index is 5.84. The number of hydrogen-bond donors (Lipinski definition) is 2. The first-order valence-electron chi connectivity index (χ1n) is 7.05. The van der Waals surface area contributed by atoms with Crippen molar-refractivity contribution < 1.29 is 0 Å². The molecule has 1 atom stereocenters. The Labute approximate surface area is 108 Å². The summed E-state index contributed by atoms with van der Waals surface area (Å²) in [6.07, 6.45) is 2.55. The summed E-state index contributed by atoms with van der Waals surface area (Å²) < 4.78 is 0. The van der Waals surface area contributed by atoms with Crippen molar-refractivity contribution in [2.75, 3.05) is 19.6 Å². The Morgan fingerprint density at radius 1 is 1.12 bits per heavy atom. The van der Waals surface area contributed by atoms with Gasteiger partial charge in [-0.25, -0.2) is 0 Å². The van der Waals surface area contributed by atoms with Crippen LogP contribution in [0.25, 0.3) is 0 Å². The van der Waals surface area contributed by atoms with Crippen molar-refractivity contribution >= 4 is 0 Å². The molecule has 0 aliphatic carbocycles. The molecule has 1 aliphatic heterocycles. The molecule has 2 nitrogen and oxygen atoms in total. The second kappa shape index (κ2) is 4.89. The molecule has 17 heavy (non-hydrogen) atoms. The fourth-order valence-corrected chi connectivity index (χ4v) is 3.74. The lowest BCUT2D eigenvalue weighted by atomic mass is 9.52. The highest BCUT2D eigenvalue weighted by atomic mass is 14.9. The van der Waals surface area contributed by atoms with E-state index in [0.717, 1.165) is 19.6 Å². The third kappa shape index (κ3) is 2.85. The van der Waals surface area contributed by atoms with E-state index in [1.807, 2.05) is 0 Å². The summed E-state index contributed by atoms with van der Waals surface area (Å²) >= 11 is 0. The zero-order valence-corrected chi connectivity index (χ0v) is 12.7. The van der Waals surface area contributed by atoms with Crippen LogP contribution in [0.3, 0.4) is 0 Å². The van der Waals surface area contributed by atoms with E-state index < -0.39 is 0 Å². The molecule has 1 heterocycles. The fourth-order valence-electron chi connectivity index (χ4n) is 3.74. The maximum Gasteiger partial charge on any atom is 0.00180 e. The van der Waals surface area contributed by atoms with Crippen molar-refractivity contribution in [3.63, 3.8) is 0 Å². The third-order valence-electron chi connectivity index (χ3n) is 5.04. The van der Waals surface area contributed by atoms with Crippen LogP contribution >= 0.6 is 0 Å². The summed E-state index contributed by atoms with van der Waals surface area (Å²) in [6, 6.07) is 0. The molecule has 1 rings (SSSR count). The molecule has 0 aromatic heterocycles. The Morgan fingerprint density at radius 2 is 1.65 bits per heavy atom. The van der Waals surface area contributed by atoms with Crippen LogP contribution in [-0.4, -0.2) is 19.6 Å². The molecule has 0 amide bonds. The molecule has 102 valence electrons. The van der Waals surface area contributed by atoms with Crippen LogP contribution in [0.2, 0.25) is 0 Å². The van der Waals surface area contributed by atoms with E-state index in [2.05, 4.69) is 46.9 Å². The van der Waals surface area contributed by atoms with Crippen molar-refractivity contribution in [3.05, 3.63) is 0 Å². The predicted molar refractivity (Wildman–Crippen MR) is 76.0 cm³/mol. The summed E-state index contributed by atoms with van der Waals surface area (Å²) in [5.41, 5.74) is 6.83. The van der Waals surface area contributed by atoms with Crippen LogP contribution in [0.4, 0.5) is 0 Å². The molecule has 1 unspecified atom stereocenters. The van der Waals surface area contributed by atoms with Gasteiger partial charge in [-0.2, -0.15) is 0 Å². The van der Waals surface area contributed by atoms with Crippen molar-refractivity contribution in [2.24, 2.45) is 27.9 Å². The van der Waals surface area contributed by atoms with E-state index >= 15 is 0 Å². The first kappa shape index (κ1) is 15.0. The fraction of sp³-hybridized carbons (Fsp3) is 1.00. The number of hydrogen-bond acceptors (Lipinski definition) is 2. The largest absolute Gasteiger partial charge is 0.330 e. The number of nitrogens with two attached hydrogens (primary N) is 1. The molecule has 3 N–H and O–H groups in total. The van der Waals surface area contributed by atoms with E-state index in [1.54, 1.807) is 0 Å². The highest BCUT2D eigenvalue weighted by Crippen LogP contribution is 2.55. The smallest absolute Gasteiger partial charge is 0.00180 e. The van der Waals surface area contributed by atoms with Crippen molar-refractivity contribution in [2.45, 2.75) is 54.4 Å². The van der Waals surface area contributed by atoms with Gasteiger partial charge >= 0.3 is 0 Å². The van der Waals surface area contributed by atoms with Crippen LogP contribution in [0.15, 0.2) is 0 Å². The molecule has 2 heteroatoms. The summed E-state index contributed by atoms with van der Waals surface area (Å²) in [6.45, 7) is 17.4. The SMILES string of the molecule is CC(C)(C)C1(C(C)(C)C)CCC(CN)CNC1. The molecule has 0 aromatic carbocycles. The van der Waals surface area contributed by atoms with Gasteiger partial charge in [-0.3, -0.25) is 0 Å². The Kier molecular flexibility index (Phi) is 4.31. The average molecular weight is 240 g/mol.